The quantitative estimate of drug-likeness (QED) is 0.893. The van der Waals surface area contributed by atoms with Crippen LogP contribution in [0.2, 0.25) is 0 Å². The monoisotopic (exact) mass is 358 g/mol. The highest BCUT2D eigenvalue weighted by Crippen LogP contribution is 2.28. The van der Waals surface area contributed by atoms with Gasteiger partial charge in [-0.1, -0.05) is 0 Å². The second-order valence-electron chi connectivity index (χ2n) is 6.42. The van der Waals surface area contributed by atoms with Gasteiger partial charge >= 0.3 is 0 Å². The number of piperidine rings is 1. The van der Waals surface area contributed by atoms with Gasteiger partial charge in [0.2, 0.25) is 5.95 Å². The Morgan fingerprint density at radius 2 is 1.84 bits per heavy atom. The van der Waals surface area contributed by atoms with Crippen molar-refractivity contribution < 1.29 is 4.79 Å². The zero-order valence-electron chi connectivity index (χ0n) is 14.1. The van der Waals surface area contributed by atoms with Crippen LogP contribution in [-0.2, 0) is 0 Å². The van der Waals surface area contributed by atoms with Crippen LogP contribution in [0.1, 0.15) is 34.3 Å². The molecule has 8 heteroatoms. The van der Waals surface area contributed by atoms with E-state index in [1.807, 2.05) is 16.3 Å². The van der Waals surface area contributed by atoms with Gasteiger partial charge < -0.3 is 15.1 Å². The van der Waals surface area contributed by atoms with E-state index in [0.717, 1.165) is 50.0 Å². The second-order valence-corrected chi connectivity index (χ2v) is 7.31. The molecule has 2 aliphatic rings. The minimum Gasteiger partial charge on any atom is -0.337 e. The lowest BCUT2D eigenvalue weighted by Gasteiger charge is -2.34. The lowest BCUT2D eigenvalue weighted by atomic mass is 9.99. The molecule has 0 saturated carbocycles. The van der Waals surface area contributed by atoms with Crippen molar-refractivity contribution in [2.45, 2.75) is 18.8 Å². The predicted molar refractivity (Wildman–Crippen MR) is 97.1 cm³/mol. The average molecular weight is 358 g/mol. The number of nitrogens with zero attached hydrogens (tertiary/aromatic N) is 5. The fraction of sp³-hybridized carbons (Fsp3) is 0.529. The van der Waals surface area contributed by atoms with Crippen LogP contribution in [-0.4, -0.2) is 65.0 Å². The molecule has 132 valence electrons. The first-order chi connectivity index (χ1) is 12.3. The fourth-order valence-corrected chi connectivity index (χ4v) is 4.33. The number of anilines is 1. The van der Waals surface area contributed by atoms with E-state index in [0.29, 0.717) is 24.7 Å². The molecule has 0 spiro atoms. The molecular weight excluding hydrogens is 336 g/mol. The van der Waals surface area contributed by atoms with Gasteiger partial charge in [0.25, 0.3) is 5.91 Å². The minimum absolute atomic E-state index is 0.0464. The molecule has 2 aromatic heterocycles. The molecule has 0 bridgehead atoms. The highest BCUT2D eigenvalue weighted by atomic mass is 32.1. The maximum absolute atomic E-state index is 12.7. The van der Waals surface area contributed by atoms with Gasteiger partial charge in [-0.2, -0.15) is 0 Å². The maximum atomic E-state index is 12.7. The summed E-state index contributed by atoms with van der Waals surface area (Å²) in [4.78, 5) is 30.0. The van der Waals surface area contributed by atoms with Gasteiger partial charge in [0.05, 0.1) is 5.01 Å². The molecule has 25 heavy (non-hydrogen) atoms. The van der Waals surface area contributed by atoms with Crippen LogP contribution >= 0.6 is 11.3 Å². The summed E-state index contributed by atoms with van der Waals surface area (Å²) in [6.07, 6.45) is 5.71. The largest absolute Gasteiger partial charge is 0.337 e. The van der Waals surface area contributed by atoms with Crippen molar-refractivity contribution in [1.82, 2.24) is 25.2 Å². The lowest BCUT2D eigenvalue weighted by molar-refractivity contribution is 0.0741. The molecule has 0 aromatic carbocycles. The van der Waals surface area contributed by atoms with Crippen molar-refractivity contribution in [1.29, 1.82) is 0 Å². The van der Waals surface area contributed by atoms with Crippen LogP contribution < -0.4 is 10.2 Å². The molecule has 4 heterocycles. The van der Waals surface area contributed by atoms with E-state index in [-0.39, 0.29) is 5.91 Å². The molecule has 7 nitrogen and oxygen atoms in total. The number of aromatic nitrogens is 3. The summed E-state index contributed by atoms with van der Waals surface area (Å²) < 4.78 is 0. The highest BCUT2D eigenvalue weighted by molar-refractivity contribution is 7.09. The van der Waals surface area contributed by atoms with Gasteiger partial charge in [-0.3, -0.25) is 4.79 Å². The standard InChI is InChI=1S/C17H22N6OS/c24-16(14-12-25-15(21-14)13-2-6-18-7-3-13)22-8-10-23(11-9-22)17-19-4-1-5-20-17/h1,4-5,12-13,18H,2-3,6-11H2. The van der Waals surface area contributed by atoms with Crippen LogP contribution in [0, 0.1) is 0 Å². The van der Waals surface area contributed by atoms with E-state index in [2.05, 4.69) is 25.2 Å². The van der Waals surface area contributed by atoms with Crippen LogP contribution in [0.25, 0.3) is 0 Å². The van der Waals surface area contributed by atoms with Crippen molar-refractivity contribution in [2.24, 2.45) is 0 Å². The van der Waals surface area contributed by atoms with Crippen molar-refractivity contribution >= 4 is 23.2 Å². The van der Waals surface area contributed by atoms with E-state index in [1.54, 1.807) is 23.7 Å². The summed E-state index contributed by atoms with van der Waals surface area (Å²) in [5.74, 6) is 1.28. The van der Waals surface area contributed by atoms with Crippen LogP contribution in [0.4, 0.5) is 5.95 Å². The van der Waals surface area contributed by atoms with Gasteiger partial charge in [0, 0.05) is 49.9 Å². The molecule has 0 radical (unpaired) electrons. The molecule has 2 fully saturated rings. The Morgan fingerprint density at radius 1 is 1.12 bits per heavy atom. The van der Waals surface area contributed by atoms with Crippen molar-refractivity contribution in [3.05, 3.63) is 34.5 Å². The molecule has 4 rings (SSSR count). The summed E-state index contributed by atoms with van der Waals surface area (Å²) in [7, 11) is 0. The van der Waals surface area contributed by atoms with Gasteiger partial charge in [-0.15, -0.1) is 11.3 Å². The first-order valence-electron chi connectivity index (χ1n) is 8.78. The third kappa shape index (κ3) is 3.64. The summed E-state index contributed by atoms with van der Waals surface area (Å²) in [5, 5.41) is 6.41. The number of carbonyl (C=O) groups is 1. The first-order valence-corrected chi connectivity index (χ1v) is 9.66. The van der Waals surface area contributed by atoms with Gasteiger partial charge in [0.1, 0.15) is 5.69 Å². The summed E-state index contributed by atoms with van der Waals surface area (Å²) >= 11 is 1.63. The fourth-order valence-electron chi connectivity index (χ4n) is 3.37. The second kappa shape index (κ2) is 7.45. The SMILES string of the molecule is O=C(c1csc(C2CCNCC2)n1)N1CCN(c2ncccn2)CC1. The molecule has 1 N–H and O–H groups in total. The van der Waals surface area contributed by atoms with Gasteiger partial charge in [0.15, 0.2) is 0 Å². The molecule has 0 unspecified atom stereocenters. The number of hydrogen-bond donors (Lipinski definition) is 1. The average Bonchev–Trinajstić information content (AvgIpc) is 3.19. The minimum atomic E-state index is 0.0464. The van der Waals surface area contributed by atoms with Crippen LogP contribution in [0.15, 0.2) is 23.8 Å². The van der Waals surface area contributed by atoms with Crippen LogP contribution in [0.3, 0.4) is 0 Å². The molecule has 2 aliphatic heterocycles. The Labute approximate surface area is 151 Å². The van der Waals surface area contributed by atoms with Crippen LogP contribution in [0.5, 0.6) is 0 Å². The zero-order chi connectivity index (χ0) is 17.1. The van der Waals surface area contributed by atoms with E-state index in [9.17, 15) is 4.79 Å². The van der Waals surface area contributed by atoms with E-state index in [4.69, 9.17) is 0 Å². The molecule has 0 atom stereocenters. The van der Waals surface area contributed by atoms with E-state index < -0.39 is 0 Å². The molecule has 2 aromatic rings. The van der Waals surface area contributed by atoms with Gasteiger partial charge in [-0.05, 0) is 32.0 Å². The number of rotatable bonds is 3. The number of piperazine rings is 1. The molecule has 2 saturated heterocycles. The Kier molecular flexibility index (Phi) is 4.89. The third-order valence-electron chi connectivity index (χ3n) is 4.83. The Hall–Kier alpha value is -2.06. The number of nitrogens with one attached hydrogen (secondary N) is 1. The lowest BCUT2D eigenvalue weighted by Crippen LogP contribution is -2.49. The summed E-state index contributed by atoms with van der Waals surface area (Å²) in [5.41, 5.74) is 0.600. The Balaban J connectivity index is 1.37. The molecular formula is C17H22N6OS. The topological polar surface area (TPSA) is 74.2 Å². The Morgan fingerprint density at radius 3 is 2.56 bits per heavy atom. The number of carbonyl (C=O) groups excluding carboxylic acids is 1. The molecule has 1 amide bonds. The Bertz CT molecular complexity index is 707. The highest BCUT2D eigenvalue weighted by Gasteiger charge is 2.26. The first kappa shape index (κ1) is 16.4. The van der Waals surface area contributed by atoms with Gasteiger partial charge in [-0.25, -0.2) is 15.0 Å². The maximum Gasteiger partial charge on any atom is 0.273 e. The van der Waals surface area contributed by atoms with E-state index >= 15 is 0 Å². The smallest absolute Gasteiger partial charge is 0.273 e. The summed E-state index contributed by atoms with van der Waals surface area (Å²) in [6, 6.07) is 1.81. The van der Waals surface area contributed by atoms with Crippen molar-refractivity contribution in [3.63, 3.8) is 0 Å². The predicted octanol–water partition coefficient (Wildman–Crippen LogP) is 1.36. The van der Waals surface area contributed by atoms with Crippen molar-refractivity contribution in [3.8, 4) is 0 Å². The number of amides is 1. The number of hydrogen-bond acceptors (Lipinski definition) is 7. The summed E-state index contributed by atoms with van der Waals surface area (Å²) in [6.45, 7) is 4.94. The normalized spacial score (nSPS) is 19.2. The van der Waals surface area contributed by atoms with E-state index in [1.165, 1.54) is 0 Å². The zero-order valence-corrected chi connectivity index (χ0v) is 14.9. The number of thiazole rings is 1. The third-order valence-corrected chi connectivity index (χ3v) is 5.84. The van der Waals surface area contributed by atoms with Crippen molar-refractivity contribution in [2.75, 3.05) is 44.2 Å². The molecule has 0 aliphatic carbocycles.